The lowest BCUT2D eigenvalue weighted by Gasteiger charge is -2.40. The number of hydrogen-bond donors (Lipinski definition) is 0. The van der Waals surface area contributed by atoms with Gasteiger partial charge in [-0.05, 0) is 77.1 Å². The van der Waals surface area contributed by atoms with E-state index in [4.69, 9.17) is 4.74 Å². The summed E-state index contributed by atoms with van der Waals surface area (Å²) in [7, 11) is 0. The SMILES string of the molecule is CCOc1ccc([C@@H]2CCCN2CC(=O)N2[C@H](C)CCC[C@@H]2C)cc1. The molecule has 3 rings (SSSR count). The molecule has 1 aromatic carbocycles. The average molecular weight is 344 g/mol. The molecule has 1 amide bonds. The summed E-state index contributed by atoms with van der Waals surface area (Å²) in [6.07, 6.45) is 5.81. The topological polar surface area (TPSA) is 32.8 Å². The molecule has 0 bridgehead atoms. The summed E-state index contributed by atoms with van der Waals surface area (Å²) in [5.74, 6) is 1.22. The van der Waals surface area contributed by atoms with Gasteiger partial charge in [-0.25, -0.2) is 0 Å². The van der Waals surface area contributed by atoms with E-state index < -0.39 is 0 Å². The number of nitrogens with zero attached hydrogens (tertiary/aromatic N) is 2. The normalized spacial score (nSPS) is 27.5. The van der Waals surface area contributed by atoms with E-state index in [1.807, 2.05) is 19.1 Å². The van der Waals surface area contributed by atoms with Crippen LogP contribution in [0.1, 0.15) is 64.5 Å². The van der Waals surface area contributed by atoms with Gasteiger partial charge >= 0.3 is 0 Å². The molecule has 2 aliphatic heterocycles. The number of benzene rings is 1. The van der Waals surface area contributed by atoms with Gasteiger partial charge in [0, 0.05) is 18.1 Å². The highest BCUT2D eigenvalue weighted by atomic mass is 16.5. The van der Waals surface area contributed by atoms with Crippen LogP contribution in [0.15, 0.2) is 24.3 Å². The number of hydrogen-bond acceptors (Lipinski definition) is 3. The third-order valence-corrected chi connectivity index (χ3v) is 5.76. The second-order valence-corrected chi connectivity index (χ2v) is 7.56. The number of rotatable bonds is 5. The van der Waals surface area contributed by atoms with Gasteiger partial charge in [-0.15, -0.1) is 0 Å². The molecule has 0 unspecified atom stereocenters. The highest BCUT2D eigenvalue weighted by Gasteiger charge is 2.33. The molecule has 2 saturated heterocycles. The van der Waals surface area contributed by atoms with Crippen LogP contribution in [0.3, 0.4) is 0 Å². The maximum absolute atomic E-state index is 13.0. The van der Waals surface area contributed by atoms with E-state index in [9.17, 15) is 4.79 Å². The van der Waals surface area contributed by atoms with E-state index in [2.05, 4.69) is 35.8 Å². The Morgan fingerprint density at radius 2 is 1.76 bits per heavy atom. The van der Waals surface area contributed by atoms with E-state index in [1.54, 1.807) is 0 Å². The Kier molecular flexibility index (Phi) is 6.00. The predicted molar refractivity (Wildman–Crippen MR) is 101 cm³/mol. The lowest BCUT2D eigenvalue weighted by atomic mass is 9.97. The summed E-state index contributed by atoms with van der Waals surface area (Å²) < 4.78 is 5.54. The Balaban J connectivity index is 1.66. The van der Waals surface area contributed by atoms with Crippen molar-refractivity contribution in [3.05, 3.63) is 29.8 Å². The Morgan fingerprint density at radius 1 is 1.08 bits per heavy atom. The average Bonchev–Trinajstić information content (AvgIpc) is 3.04. The third kappa shape index (κ3) is 4.17. The van der Waals surface area contributed by atoms with Gasteiger partial charge in [0.05, 0.1) is 13.2 Å². The molecule has 0 aliphatic carbocycles. The minimum absolute atomic E-state index is 0.303. The van der Waals surface area contributed by atoms with Gasteiger partial charge in [0.1, 0.15) is 5.75 Å². The summed E-state index contributed by atoms with van der Waals surface area (Å²) in [4.78, 5) is 17.5. The first-order valence-corrected chi connectivity index (χ1v) is 9.88. The maximum Gasteiger partial charge on any atom is 0.237 e. The molecule has 2 heterocycles. The summed E-state index contributed by atoms with van der Waals surface area (Å²) in [5.41, 5.74) is 1.30. The Labute approximate surface area is 152 Å². The van der Waals surface area contributed by atoms with Crippen molar-refractivity contribution < 1.29 is 9.53 Å². The van der Waals surface area contributed by atoms with Crippen LogP contribution in [0.25, 0.3) is 0 Å². The molecule has 0 aromatic heterocycles. The van der Waals surface area contributed by atoms with Crippen LogP contribution in [0.4, 0.5) is 0 Å². The zero-order valence-corrected chi connectivity index (χ0v) is 15.9. The van der Waals surface area contributed by atoms with Crippen LogP contribution in [0.5, 0.6) is 5.75 Å². The smallest absolute Gasteiger partial charge is 0.237 e. The van der Waals surface area contributed by atoms with Gasteiger partial charge in [-0.3, -0.25) is 9.69 Å². The lowest BCUT2D eigenvalue weighted by Crippen LogP contribution is -2.51. The summed E-state index contributed by atoms with van der Waals surface area (Å²) in [6, 6.07) is 9.52. The molecule has 2 fully saturated rings. The lowest BCUT2D eigenvalue weighted by molar-refractivity contribution is -0.138. The van der Waals surface area contributed by atoms with Crippen LogP contribution in [-0.2, 0) is 4.79 Å². The second kappa shape index (κ2) is 8.22. The number of carbonyl (C=O) groups is 1. The highest BCUT2D eigenvalue weighted by molar-refractivity contribution is 5.79. The first-order chi connectivity index (χ1) is 12.1. The fourth-order valence-corrected chi connectivity index (χ4v) is 4.51. The Morgan fingerprint density at radius 3 is 2.40 bits per heavy atom. The van der Waals surface area contributed by atoms with Gasteiger partial charge in [-0.2, -0.15) is 0 Å². The van der Waals surface area contributed by atoms with Crippen molar-refractivity contribution in [1.82, 2.24) is 9.80 Å². The number of piperidine rings is 1. The first kappa shape index (κ1) is 18.2. The van der Waals surface area contributed by atoms with Gasteiger partial charge < -0.3 is 9.64 Å². The van der Waals surface area contributed by atoms with Crippen molar-refractivity contribution in [2.45, 2.75) is 71.0 Å². The predicted octanol–water partition coefficient (Wildman–Crippen LogP) is 4.01. The third-order valence-electron chi connectivity index (χ3n) is 5.76. The summed E-state index contributed by atoms with van der Waals surface area (Å²) in [6.45, 7) is 8.64. The first-order valence-electron chi connectivity index (χ1n) is 9.88. The minimum atomic E-state index is 0.303. The molecule has 4 heteroatoms. The molecule has 0 N–H and O–H groups in total. The zero-order chi connectivity index (χ0) is 17.8. The van der Waals surface area contributed by atoms with Gasteiger partial charge in [0.2, 0.25) is 5.91 Å². The minimum Gasteiger partial charge on any atom is -0.494 e. The number of amides is 1. The molecule has 1 aromatic rings. The van der Waals surface area contributed by atoms with E-state index in [-0.39, 0.29) is 0 Å². The van der Waals surface area contributed by atoms with Gasteiger partial charge in [-0.1, -0.05) is 12.1 Å². The molecular formula is C21H32N2O2. The Bertz CT molecular complexity index is 562. The van der Waals surface area contributed by atoms with Crippen LogP contribution in [0.2, 0.25) is 0 Å². The van der Waals surface area contributed by atoms with E-state index in [0.717, 1.165) is 38.0 Å². The molecule has 4 nitrogen and oxygen atoms in total. The van der Waals surface area contributed by atoms with Crippen molar-refractivity contribution in [2.75, 3.05) is 19.7 Å². The van der Waals surface area contributed by atoms with Crippen LogP contribution < -0.4 is 4.74 Å². The molecule has 3 atom stereocenters. The zero-order valence-electron chi connectivity index (χ0n) is 15.9. The second-order valence-electron chi connectivity index (χ2n) is 7.56. The van der Waals surface area contributed by atoms with Crippen molar-refractivity contribution >= 4 is 5.91 Å². The van der Waals surface area contributed by atoms with E-state index in [1.165, 1.54) is 12.0 Å². The van der Waals surface area contributed by atoms with E-state index in [0.29, 0.717) is 37.2 Å². The molecule has 0 radical (unpaired) electrons. The molecule has 0 spiro atoms. The highest BCUT2D eigenvalue weighted by Crippen LogP contribution is 2.33. The van der Waals surface area contributed by atoms with Crippen molar-refractivity contribution in [2.24, 2.45) is 0 Å². The molecule has 138 valence electrons. The monoisotopic (exact) mass is 344 g/mol. The number of ether oxygens (including phenoxy) is 1. The van der Waals surface area contributed by atoms with Crippen LogP contribution in [-0.4, -0.2) is 47.5 Å². The van der Waals surface area contributed by atoms with Crippen molar-refractivity contribution in [3.8, 4) is 5.75 Å². The largest absolute Gasteiger partial charge is 0.494 e. The fourth-order valence-electron chi connectivity index (χ4n) is 4.51. The standard InChI is InChI=1S/C21H32N2O2/c1-4-25-19-12-10-18(11-13-19)20-9-6-14-22(20)15-21(24)23-16(2)7-5-8-17(23)3/h10-13,16-17,20H,4-9,14-15H2,1-3H3/t16-,17+,20-/m0/s1. The van der Waals surface area contributed by atoms with Crippen LogP contribution >= 0.6 is 0 Å². The van der Waals surface area contributed by atoms with Crippen molar-refractivity contribution in [3.63, 3.8) is 0 Å². The van der Waals surface area contributed by atoms with Gasteiger partial charge in [0.15, 0.2) is 0 Å². The van der Waals surface area contributed by atoms with Crippen molar-refractivity contribution in [1.29, 1.82) is 0 Å². The Hall–Kier alpha value is -1.55. The van der Waals surface area contributed by atoms with Gasteiger partial charge in [0.25, 0.3) is 0 Å². The molecule has 2 aliphatic rings. The molecule has 25 heavy (non-hydrogen) atoms. The number of likely N-dealkylation sites (tertiary alicyclic amines) is 2. The van der Waals surface area contributed by atoms with E-state index >= 15 is 0 Å². The molecule has 0 saturated carbocycles. The van der Waals surface area contributed by atoms with Crippen LogP contribution in [0, 0.1) is 0 Å². The molecular weight excluding hydrogens is 312 g/mol. The summed E-state index contributed by atoms with van der Waals surface area (Å²) in [5, 5.41) is 0. The summed E-state index contributed by atoms with van der Waals surface area (Å²) >= 11 is 0. The maximum atomic E-state index is 13.0. The number of carbonyl (C=O) groups excluding carboxylic acids is 1. The quantitative estimate of drug-likeness (QED) is 0.809. The fraction of sp³-hybridized carbons (Fsp3) is 0.667.